The molecule has 0 atom stereocenters. The van der Waals surface area contributed by atoms with Gasteiger partial charge in [-0.3, -0.25) is 9.59 Å². The Morgan fingerprint density at radius 3 is 2.38 bits per heavy atom. The molecule has 0 unspecified atom stereocenters. The van der Waals surface area contributed by atoms with Gasteiger partial charge in [-0.15, -0.1) is 0 Å². The highest BCUT2D eigenvalue weighted by atomic mass is 35.5. The third-order valence-electron chi connectivity index (χ3n) is 4.18. The first-order valence-corrected chi connectivity index (χ1v) is 8.82. The Kier molecular flexibility index (Phi) is 4.88. The zero-order chi connectivity index (χ0) is 18.9. The summed E-state index contributed by atoms with van der Waals surface area (Å²) in [5, 5.41) is 4.16. The number of hydrogen-bond acceptors (Lipinski definition) is 2. The van der Waals surface area contributed by atoms with Crippen molar-refractivity contribution >= 4 is 39.9 Å². The van der Waals surface area contributed by atoms with Crippen LogP contribution in [0.15, 0.2) is 54.7 Å². The van der Waals surface area contributed by atoms with Crippen LogP contribution in [0.4, 0.5) is 5.69 Å². The molecule has 0 saturated heterocycles. The third-order valence-corrected chi connectivity index (χ3v) is 4.51. The number of hydrogen-bond donors (Lipinski definition) is 1. The van der Waals surface area contributed by atoms with Crippen LogP contribution in [0.1, 0.15) is 31.1 Å². The molecule has 134 valence electrons. The van der Waals surface area contributed by atoms with Gasteiger partial charge < -0.3 is 9.88 Å². The van der Waals surface area contributed by atoms with Gasteiger partial charge in [0.05, 0.1) is 10.7 Å². The molecule has 0 aliphatic carbocycles. The number of carbonyl (C=O) groups excluding carboxylic acids is 2. The van der Waals surface area contributed by atoms with E-state index in [2.05, 4.69) is 5.32 Å². The number of ketones is 1. The van der Waals surface area contributed by atoms with Crippen molar-refractivity contribution in [3.8, 4) is 0 Å². The van der Waals surface area contributed by atoms with E-state index in [1.807, 2.05) is 57.2 Å². The zero-order valence-corrected chi connectivity index (χ0v) is 15.8. The fourth-order valence-corrected chi connectivity index (χ4v) is 3.05. The van der Waals surface area contributed by atoms with Gasteiger partial charge in [-0.2, -0.15) is 0 Å². The molecule has 0 radical (unpaired) electrons. The Morgan fingerprint density at radius 2 is 1.69 bits per heavy atom. The van der Waals surface area contributed by atoms with Crippen molar-refractivity contribution in [1.82, 2.24) is 4.57 Å². The van der Waals surface area contributed by atoms with E-state index in [4.69, 9.17) is 11.6 Å². The molecular weight excluding hydrogens is 348 g/mol. The predicted octanol–water partition coefficient (Wildman–Crippen LogP) is 5.16. The Bertz CT molecular complexity index is 983. The number of para-hydroxylation sites is 2. The predicted molar refractivity (Wildman–Crippen MR) is 106 cm³/mol. The lowest BCUT2D eigenvalue weighted by Gasteiger charge is -2.15. The normalized spacial score (nSPS) is 11.5. The van der Waals surface area contributed by atoms with Crippen LogP contribution >= 0.6 is 11.6 Å². The summed E-state index contributed by atoms with van der Waals surface area (Å²) < 4.78 is 1.81. The van der Waals surface area contributed by atoms with Crippen LogP contribution in [0.5, 0.6) is 0 Å². The highest BCUT2D eigenvalue weighted by molar-refractivity contribution is 6.33. The fourth-order valence-electron chi connectivity index (χ4n) is 2.87. The second kappa shape index (κ2) is 6.96. The fraction of sp³-hybridized carbons (Fsp3) is 0.238. The number of benzene rings is 2. The number of fused-ring (bicyclic) bond motifs is 1. The van der Waals surface area contributed by atoms with Crippen molar-refractivity contribution < 1.29 is 9.59 Å². The van der Waals surface area contributed by atoms with Gasteiger partial charge in [-0.05, 0) is 18.2 Å². The Balaban J connectivity index is 1.92. The molecule has 2 aromatic carbocycles. The minimum atomic E-state index is -0.491. The van der Waals surface area contributed by atoms with Gasteiger partial charge in [-0.1, -0.05) is 62.7 Å². The molecule has 3 rings (SSSR count). The molecule has 0 bridgehead atoms. The summed E-state index contributed by atoms with van der Waals surface area (Å²) in [6.45, 7) is 5.78. The van der Waals surface area contributed by atoms with Gasteiger partial charge in [0.1, 0.15) is 6.54 Å². The number of amides is 1. The maximum absolute atomic E-state index is 12.8. The molecule has 1 heterocycles. The Hall–Kier alpha value is -2.59. The van der Waals surface area contributed by atoms with E-state index < -0.39 is 5.41 Å². The molecule has 0 saturated carbocycles. The standard InChI is InChI=1S/C21H21ClN2O2/c1-21(2,3)20(26)15-12-24(18-11-7-4-8-14(15)18)13-19(25)23-17-10-6-5-9-16(17)22/h4-12H,13H2,1-3H3,(H,23,25). The summed E-state index contributed by atoms with van der Waals surface area (Å²) in [5.74, 6) is -0.146. The van der Waals surface area contributed by atoms with Crippen LogP contribution < -0.4 is 5.32 Å². The zero-order valence-electron chi connectivity index (χ0n) is 15.0. The molecule has 26 heavy (non-hydrogen) atoms. The van der Waals surface area contributed by atoms with Crippen LogP contribution in [-0.4, -0.2) is 16.3 Å². The minimum absolute atomic E-state index is 0.0546. The molecule has 4 nitrogen and oxygen atoms in total. The molecule has 0 aliphatic rings. The van der Waals surface area contributed by atoms with E-state index in [1.165, 1.54) is 0 Å². The van der Waals surface area contributed by atoms with Crippen molar-refractivity contribution in [2.24, 2.45) is 5.41 Å². The molecule has 5 heteroatoms. The summed E-state index contributed by atoms with van der Waals surface area (Å²) in [6.07, 6.45) is 1.77. The number of rotatable bonds is 4. The van der Waals surface area contributed by atoms with Crippen molar-refractivity contribution in [1.29, 1.82) is 0 Å². The van der Waals surface area contributed by atoms with Crippen molar-refractivity contribution in [2.75, 3.05) is 5.32 Å². The second-order valence-corrected chi connectivity index (χ2v) is 7.70. The lowest BCUT2D eigenvalue weighted by atomic mass is 9.86. The van der Waals surface area contributed by atoms with Gasteiger partial charge in [0.15, 0.2) is 5.78 Å². The van der Waals surface area contributed by atoms with Crippen LogP contribution in [-0.2, 0) is 11.3 Å². The van der Waals surface area contributed by atoms with Crippen molar-refractivity contribution in [3.05, 3.63) is 65.3 Å². The summed E-state index contributed by atoms with van der Waals surface area (Å²) in [5.41, 5.74) is 1.57. The summed E-state index contributed by atoms with van der Waals surface area (Å²) in [4.78, 5) is 25.3. The second-order valence-electron chi connectivity index (χ2n) is 7.29. The molecule has 0 aliphatic heterocycles. The monoisotopic (exact) mass is 368 g/mol. The Labute approximate surface area is 157 Å². The largest absolute Gasteiger partial charge is 0.337 e. The number of nitrogens with zero attached hydrogens (tertiary/aromatic N) is 1. The number of halogens is 1. The van der Waals surface area contributed by atoms with Gasteiger partial charge in [0, 0.05) is 28.1 Å². The number of carbonyl (C=O) groups is 2. The van der Waals surface area contributed by atoms with Crippen LogP contribution in [0.2, 0.25) is 5.02 Å². The number of nitrogens with one attached hydrogen (secondary N) is 1. The lowest BCUT2D eigenvalue weighted by Crippen LogP contribution is -2.20. The average Bonchev–Trinajstić information content (AvgIpc) is 2.94. The highest BCUT2D eigenvalue weighted by Crippen LogP contribution is 2.28. The molecule has 0 spiro atoms. The van der Waals surface area contributed by atoms with E-state index in [0.717, 1.165) is 10.9 Å². The molecular formula is C21H21ClN2O2. The first-order valence-electron chi connectivity index (χ1n) is 8.44. The Morgan fingerprint density at radius 1 is 1.04 bits per heavy atom. The van der Waals surface area contributed by atoms with Crippen LogP contribution in [0.25, 0.3) is 10.9 Å². The van der Waals surface area contributed by atoms with Crippen LogP contribution in [0, 0.1) is 5.41 Å². The van der Waals surface area contributed by atoms with E-state index in [0.29, 0.717) is 16.3 Å². The van der Waals surface area contributed by atoms with Gasteiger partial charge in [0.25, 0.3) is 0 Å². The molecule has 1 N–H and O–H groups in total. The molecule has 1 amide bonds. The van der Waals surface area contributed by atoms with E-state index in [9.17, 15) is 9.59 Å². The molecule has 1 aromatic heterocycles. The third kappa shape index (κ3) is 3.65. The molecule has 3 aromatic rings. The maximum Gasteiger partial charge on any atom is 0.244 e. The van der Waals surface area contributed by atoms with Gasteiger partial charge in [0.2, 0.25) is 5.91 Å². The number of anilines is 1. The van der Waals surface area contributed by atoms with Gasteiger partial charge >= 0.3 is 0 Å². The SMILES string of the molecule is CC(C)(C)C(=O)c1cn(CC(=O)Nc2ccccc2Cl)c2ccccc12. The van der Waals surface area contributed by atoms with Gasteiger partial charge in [-0.25, -0.2) is 0 Å². The highest BCUT2D eigenvalue weighted by Gasteiger charge is 2.26. The van der Waals surface area contributed by atoms with Crippen LogP contribution in [0.3, 0.4) is 0 Å². The average molecular weight is 369 g/mol. The summed E-state index contributed by atoms with van der Waals surface area (Å²) in [6, 6.07) is 14.7. The van der Waals surface area contributed by atoms with Crippen molar-refractivity contribution in [3.63, 3.8) is 0 Å². The number of aromatic nitrogens is 1. The summed E-state index contributed by atoms with van der Waals surface area (Å²) >= 11 is 6.10. The quantitative estimate of drug-likeness (QED) is 0.646. The van der Waals surface area contributed by atoms with E-state index in [-0.39, 0.29) is 18.2 Å². The maximum atomic E-state index is 12.8. The summed E-state index contributed by atoms with van der Waals surface area (Å²) in [7, 11) is 0. The first kappa shape index (κ1) is 18.2. The minimum Gasteiger partial charge on any atom is -0.337 e. The molecule has 0 fully saturated rings. The van der Waals surface area contributed by atoms with E-state index >= 15 is 0 Å². The van der Waals surface area contributed by atoms with Crippen molar-refractivity contribution in [2.45, 2.75) is 27.3 Å². The lowest BCUT2D eigenvalue weighted by molar-refractivity contribution is -0.116. The number of Topliss-reactive ketones (excluding diaryl/α,β-unsaturated/α-hetero) is 1. The topological polar surface area (TPSA) is 51.1 Å². The smallest absolute Gasteiger partial charge is 0.244 e. The van der Waals surface area contributed by atoms with E-state index in [1.54, 1.807) is 22.9 Å². The first-order chi connectivity index (χ1) is 12.3.